The molecular weight excluding hydrogens is 207 g/mol. The van der Waals surface area contributed by atoms with Crippen molar-refractivity contribution in [3.8, 4) is 5.75 Å². The van der Waals surface area contributed by atoms with Crippen LogP contribution in [-0.4, -0.2) is 22.0 Å². The van der Waals surface area contributed by atoms with Crippen molar-refractivity contribution in [3.63, 3.8) is 0 Å². The van der Waals surface area contributed by atoms with Crippen LogP contribution in [0, 0.1) is 0 Å². The van der Waals surface area contributed by atoms with Gasteiger partial charge in [0.2, 0.25) is 0 Å². The van der Waals surface area contributed by atoms with Gasteiger partial charge in [-0.15, -0.1) is 0 Å². The second-order valence-electron chi connectivity index (χ2n) is 1.95. The number of para-hydroxylation sites is 1. The Hall–Kier alpha value is -0.791. The Balaban J connectivity index is 2.58. The van der Waals surface area contributed by atoms with E-state index >= 15 is 0 Å². The van der Waals surface area contributed by atoms with E-state index in [0.29, 0.717) is 11.1 Å². The van der Waals surface area contributed by atoms with Crippen molar-refractivity contribution in [2.45, 2.75) is 5.32 Å². The Morgan fingerprint density at radius 2 is 2.00 bits per heavy atom. The normalized spacial score (nSPS) is 9.18. The van der Waals surface area contributed by atoms with Gasteiger partial charge in [0.1, 0.15) is 0 Å². The number of benzene rings is 1. The van der Waals surface area contributed by atoms with Crippen LogP contribution < -0.4 is 4.74 Å². The van der Waals surface area contributed by atoms with Crippen LogP contribution in [0.25, 0.3) is 0 Å². The van der Waals surface area contributed by atoms with Gasteiger partial charge >= 0.3 is 72.9 Å². The van der Waals surface area contributed by atoms with Crippen LogP contribution in [0.15, 0.2) is 30.3 Å². The fourth-order valence-electron chi connectivity index (χ4n) is 0.652. The first-order valence-electron chi connectivity index (χ1n) is 3.19. The van der Waals surface area contributed by atoms with Crippen LogP contribution in [-0.2, 0) is 4.79 Å². The minimum absolute atomic E-state index is 0.226. The van der Waals surface area contributed by atoms with Crippen molar-refractivity contribution < 1.29 is 9.53 Å². The summed E-state index contributed by atoms with van der Waals surface area (Å²) in [6.07, 6.45) is 0. The molecule has 0 aliphatic heterocycles. The molecule has 58 valence electrons. The van der Waals surface area contributed by atoms with E-state index in [2.05, 4.69) is 16.0 Å². The van der Waals surface area contributed by atoms with Crippen LogP contribution in [0.4, 0.5) is 0 Å². The average molecular weight is 215 g/mol. The second kappa shape index (κ2) is 4.16. The summed E-state index contributed by atoms with van der Waals surface area (Å²) in [6.45, 7) is 0. The van der Waals surface area contributed by atoms with Crippen LogP contribution >= 0.6 is 0 Å². The molecule has 0 N–H and O–H groups in total. The van der Waals surface area contributed by atoms with Crippen LogP contribution in [0.2, 0.25) is 5.32 Å². The van der Waals surface area contributed by atoms with E-state index in [4.69, 9.17) is 4.74 Å². The van der Waals surface area contributed by atoms with Gasteiger partial charge in [0.25, 0.3) is 0 Å². The predicted octanol–water partition coefficient (Wildman–Crippen LogP) is 0.911. The number of hydrogen-bond donors (Lipinski definition) is 0. The van der Waals surface area contributed by atoms with Crippen LogP contribution in [0.1, 0.15) is 0 Å². The molecule has 1 aromatic rings. The molecule has 0 saturated heterocycles. The number of rotatable bonds is 2. The van der Waals surface area contributed by atoms with Gasteiger partial charge in [-0.05, 0) is 0 Å². The summed E-state index contributed by atoms with van der Waals surface area (Å²) in [5, 5.41) is 0.349. The summed E-state index contributed by atoms with van der Waals surface area (Å²) < 4.78 is 4.91. The molecule has 1 aromatic carbocycles. The summed E-state index contributed by atoms with van der Waals surface area (Å²) in [6, 6.07) is 9.03. The van der Waals surface area contributed by atoms with E-state index in [0.717, 1.165) is 0 Å². The summed E-state index contributed by atoms with van der Waals surface area (Å²) in [5.74, 6) is 0.375. The Morgan fingerprint density at radius 1 is 1.36 bits per heavy atom. The van der Waals surface area contributed by atoms with Crippen molar-refractivity contribution >= 4 is 22.0 Å². The van der Waals surface area contributed by atoms with Crippen molar-refractivity contribution in [2.75, 3.05) is 0 Å². The summed E-state index contributed by atoms with van der Waals surface area (Å²) in [5.41, 5.74) is 0. The molecule has 0 unspecified atom stereocenters. The molecule has 0 amide bonds. The Morgan fingerprint density at radius 3 is 2.55 bits per heavy atom. The molecular formula is C8H8O2Se. The van der Waals surface area contributed by atoms with Gasteiger partial charge in [0, 0.05) is 0 Å². The molecule has 0 radical (unpaired) electrons. The zero-order chi connectivity index (χ0) is 8.10. The van der Waals surface area contributed by atoms with Gasteiger partial charge in [-0.3, -0.25) is 0 Å². The quantitative estimate of drug-likeness (QED) is 0.416. The van der Waals surface area contributed by atoms with Gasteiger partial charge in [-0.2, -0.15) is 0 Å². The Bertz CT molecular complexity index is 233. The number of ether oxygens (including phenoxy) is 1. The molecule has 0 heterocycles. The third-order valence-corrected chi connectivity index (χ3v) is 1.65. The van der Waals surface area contributed by atoms with Gasteiger partial charge < -0.3 is 0 Å². The van der Waals surface area contributed by atoms with E-state index in [1.54, 1.807) is 12.1 Å². The molecule has 0 bridgehead atoms. The minimum atomic E-state index is -0.226. The standard InChI is InChI=1S/C8H8O2Se/c9-8(6-11)10-7-4-2-1-3-5-7/h1-5,11H,6H2. The maximum atomic E-state index is 10.7. The maximum absolute atomic E-state index is 10.7. The molecule has 0 saturated carbocycles. The number of carbonyl (C=O) groups excluding carboxylic acids is 1. The third kappa shape index (κ3) is 2.74. The third-order valence-electron chi connectivity index (χ3n) is 1.10. The van der Waals surface area contributed by atoms with E-state index in [9.17, 15) is 4.79 Å². The van der Waals surface area contributed by atoms with E-state index in [-0.39, 0.29) is 5.97 Å². The van der Waals surface area contributed by atoms with Gasteiger partial charge in [-0.25, -0.2) is 0 Å². The van der Waals surface area contributed by atoms with Crippen molar-refractivity contribution in [1.82, 2.24) is 0 Å². The summed E-state index contributed by atoms with van der Waals surface area (Å²) in [4.78, 5) is 10.7. The zero-order valence-electron chi connectivity index (χ0n) is 5.86. The van der Waals surface area contributed by atoms with Gasteiger partial charge in [0.15, 0.2) is 0 Å². The number of hydrogen-bond acceptors (Lipinski definition) is 2. The van der Waals surface area contributed by atoms with E-state index in [1.807, 2.05) is 18.2 Å². The SMILES string of the molecule is O=C(C[SeH])Oc1ccccc1. The molecule has 2 nitrogen and oxygen atoms in total. The molecule has 0 spiro atoms. The molecule has 3 heteroatoms. The van der Waals surface area contributed by atoms with Crippen LogP contribution in [0.5, 0.6) is 5.75 Å². The molecule has 0 aliphatic rings. The fraction of sp³-hybridized carbons (Fsp3) is 0.125. The molecule has 0 aromatic heterocycles. The van der Waals surface area contributed by atoms with Crippen LogP contribution in [0.3, 0.4) is 0 Å². The van der Waals surface area contributed by atoms with Crippen molar-refractivity contribution in [3.05, 3.63) is 30.3 Å². The summed E-state index contributed by atoms with van der Waals surface area (Å²) >= 11 is 2.18. The topological polar surface area (TPSA) is 26.3 Å². The Labute approximate surface area is 73.4 Å². The molecule has 11 heavy (non-hydrogen) atoms. The van der Waals surface area contributed by atoms with Gasteiger partial charge in [0.05, 0.1) is 0 Å². The monoisotopic (exact) mass is 216 g/mol. The summed E-state index contributed by atoms with van der Waals surface area (Å²) in [7, 11) is 0. The first kappa shape index (κ1) is 8.31. The molecule has 0 fully saturated rings. The molecule has 1 rings (SSSR count). The van der Waals surface area contributed by atoms with Crippen molar-refractivity contribution in [1.29, 1.82) is 0 Å². The first-order chi connectivity index (χ1) is 5.33. The van der Waals surface area contributed by atoms with Gasteiger partial charge in [-0.1, -0.05) is 0 Å². The number of esters is 1. The average Bonchev–Trinajstić information content (AvgIpc) is 2.06. The first-order valence-corrected chi connectivity index (χ1v) is 4.52. The van der Waals surface area contributed by atoms with E-state index in [1.165, 1.54) is 0 Å². The molecule has 0 atom stereocenters. The predicted molar refractivity (Wildman–Crippen MR) is 44.0 cm³/mol. The van der Waals surface area contributed by atoms with Crippen molar-refractivity contribution in [2.24, 2.45) is 0 Å². The fourth-order valence-corrected chi connectivity index (χ4v) is 0.788. The Kier molecular flexibility index (Phi) is 3.14. The molecule has 0 aliphatic carbocycles. The van der Waals surface area contributed by atoms with E-state index < -0.39 is 0 Å². The zero-order valence-corrected chi connectivity index (χ0v) is 7.73. The number of carbonyl (C=O) groups is 1. The second-order valence-corrected chi connectivity index (χ2v) is 2.61.